The van der Waals surface area contributed by atoms with E-state index in [2.05, 4.69) is 4.74 Å². The lowest BCUT2D eigenvalue weighted by atomic mass is 10.0. The van der Waals surface area contributed by atoms with Crippen LogP contribution >= 0.6 is 0 Å². The second-order valence-electron chi connectivity index (χ2n) is 5.34. The molecule has 2 rings (SSSR count). The summed E-state index contributed by atoms with van der Waals surface area (Å²) in [5, 5.41) is 9.78. The average Bonchev–Trinajstić information content (AvgIpc) is 2.65. The Morgan fingerprint density at radius 1 is 0.920 bits per heavy atom. The van der Waals surface area contributed by atoms with E-state index >= 15 is 0 Å². The van der Waals surface area contributed by atoms with Gasteiger partial charge in [-0.3, -0.25) is 0 Å². The zero-order chi connectivity index (χ0) is 18.4. The summed E-state index contributed by atoms with van der Waals surface area (Å²) in [5.74, 6) is 1.10. The van der Waals surface area contributed by atoms with Gasteiger partial charge in [-0.1, -0.05) is 12.1 Å². The van der Waals surface area contributed by atoms with E-state index in [4.69, 9.17) is 14.2 Å². The number of rotatable bonds is 7. The van der Waals surface area contributed by atoms with Crippen molar-refractivity contribution >= 4 is 5.97 Å². The van der Waals surface area contributed by atoms with Crippen LogP contribution in [0, 0.1) is 0 Å². The van der Waals surface area contributed by atoms with Gasteiger partial charge in [-0.25, -0.2) is 4.79 Å². The molecule has 0 aromatic heterocycles. The summed E-state index contributed by atoms with van der Waals surface area (Å²) >= 11 is 0. The minimum absolute atomic E-state index is 0.0979. The monoisotopic (exact) mass is 346 g/mol. The molecule has 0 amide bonds. The number of benzene rings is 2. The molecule has 0 heterocycles. The Kier molecular flexibility index (Phi) is 6.11. The zero-order valence-corrected chi connectivity index (χ0v) is 14.8. The van der Waals surface area contributed by atoms with Gasteiger partial charge in [0.15, 0.2) is 11.5 Å². The number of aryl methyl sites for hydroxylation is 2. The lowest BCUT2D eigenvalue weighted by molar-refractivity contribution is 0.0597. The number of phenolic OH excluding ortho intramolecular Hbond substituents is 1. The van der Waals surface area contributed by atoms with Crippen LogP contribution in [0.2, 0.25) is 0 Å². The number of ether oxygens (including phenoxy) is 4. The Morgan fingerprint density at radius 3 is 2.24 bits per heavy atom. The maximum atomic E-state index is 11.7. The van der Waals surface area contributed by atoms with E-state index in [9.17, 15) is 9.90 Å². The molecule has 0 aliphatic carbocycles. The summed E-state index contributed by atoms with van der Waals surface area (Å²) in [6, 6.07) is 8.64. The second-order valence-corrected chi connectivity index (χ2v) is 5.34. The third kappa shape index (κ3) is 3.96. The van der Waals surface area contributed by atoms with Crippen molar-refractivity contribution < 1.29 is 28.8 Å². The van der Waals surface area contributed by atoms with Gasteiger partial charge in [0.05, 0.1) is 28.4 Å². The summed E-state index contributed by atoms with van der Waals surface area (Å²) in [6.45, 7) is 0. The summed E-state index contributed by atoms with van der Waals surface area (Å²) < 4.78 is 20.8. The van der Waals surface area contributed by atoms with Gasteiger partial charge in [-0.2, -0.15) is 0 Å². The Hall–Kier alpha value is -2.89. The lowest BCUT2D eigenvalue weighted by Crippen LogP contribution is -2.04. The van der Waals surface area contributed by atoms with Crippen molar-refractivity contribution in [1.29, 1.82) is 0 Å². The van der Waals surface area contributed by atoms with Crippen molar-refractivity contribution in [2.45, 2.75) is 12.8 Å². The third-order valence-corrected chi connectivity index (χ3v) is 3.94. The molecule has 0 unspecified atom stereocenters. The predicted octanol–water partition coefficient (Wildman–Crippen LogP) is 2.99. The molecule has 0 aliphatic heterocycles. The summed E-state index contributed by atoms with van der Waals surface area (Å²) in [6.07, 6.45) is 1.31. The van der Waals surface area contributed by atoms with Crippen LogP contribution in [-0.2, 0) is 17.6 Å². The highest BCUT2D eigenvalue weighted by molar-refractivity contribution is 5.92. The van der Waals surface area contributed by atoms with E-state index in [1.807, 2.05) is 12.1 Å². The van der Waals surface area contributed by atoms with Crippen molar-refractivity contribution in [3.63, 3.8) is 0 Å². The smallest absolute Gasteiger partial charge is 0.341 e. The number of esters is 1. The second kappa shape index (κ2) is 8.28. The summed E-state index contributed by atoms with van der Waals surface area (Å²) in [5.41, 5.74) is 2.00. The van der Waals surface area contributed by atoms with E-state index in [0.29, 0.717) is 30.1 Å². The van der Waals surface area contributed by atoms with Crippen LogP contribution in [0.25, 0.3) is 0 Å². The molecule has 0 saturated heterocycles. The number of methoxy groups -OCH3 is 4. The van der Waals surface area contributed by atoms with Crippen LogP contribution in [0.1, 0.15) is 21.5 Å². The minimum atomic E-state index is -0.567. The molecule has 0 spiro atoms. The summed E-state index contributed by atoms with van der Waals surface area (Å²) in [7, 11) is 5.99. The van der Waals surface area contributed by atoms with Gasteiger partial charge in [0.2, 0.25) is 5.75 Å². The Balaban J connectivity index is 2.26. The van der Waals surface area contributed by atoms with Gasteiger partial charge >= 0.3 is 5.97 Å². The van der Waals surface area contributed by atoms with Crippen LogP contribution in [0.4, 0.5) is 0 Å². The van der Waals surface area contributed by atoms with Crippen LogP contribution in [0.3, 0.4) is 0 Å². The quantitative estimate of drug-likeness (QED) is 0.777. The highest BCUT2D eigenvalue weighted by Crippen LogP contribution is 2.40. The number of carbonyl (C=O) groups excluding carboxylic acids is 1. The van der Waals surface area contributed by atoms with Crippen molar-refractivity contribution in [3.8, 4) is 23.0 Å². The molecule has 0 bridgehead atoms. The molecule has 0 atom stereocenters. The Labute approximate surface area is 146 Å². The lowest BCUT2D eigenvalue weighted by Gasteiger charge is -2.16. The highest BCUT2D eigenvalue weighted by Gasteiger charge is 2.16. The van der Waals surface area contributed by atoms with Gasteiger partial charge in [-0.15, -0.1) is 0 Å². The Morgan fingerprint density at radius 2 is 1.64 bits per heavy atom. The van der Waals surface area contributed by atoms with Crippen LogP contribution in [-0.4, -0.2) is 39.5 Å². The molecule has 0 fully saturated rings. The van der Waals surface area contributed by atoms with Crippen molar-refractivity contribution in [1.82, 2.24) is 0 Å². The van der Waals surface area contributed by atoms with Gasteiger partial charge in [0, 0.05) is 0 Å². The summed E-state index contributed by atoms with van der Waals surface area (Å²) in [4.78, 5) is 11.7. The molecule has 25 heavy (non-hydrogen) atoms. The number of carbonyl (C=O) groups is 1. The van der Waals surface area contributed by atoms with E-state index in [1.165, 1.54) is 13.2 Å². The highest BCUT2D eigenvalue weighted by atomic mass is 16.5. The van der Waals surface area contributed by atoms with Crippen molar-refractivity contribution in [2.75, 3.05) is 28.4 Å². The maximum absolute atomic E-state index is 11.7. The number of phenols is 1. The number of hydrogen-bond acceptors (Lipinski definition) is 6. The standard InChI is InChI=1S/C19H22O6/c1-22-16-10-8-13(17(23-2)18(16)24-3)7-5-12-6-9-15(20)14(11-12)19(21)25-4/h6,8-11,20H,5,7H2,1-4H3. The first-order valence-electron chi connectivity index (χ1n) is 7.73. The van der Waals surface area contributed by atoms with Gasteiger partial charge in [-0.05, 0) is 42.2 Å². The molecule has 0 saturated carbocycles. The molecule has 0 aliphatic rings. The molecule has 6 heteroatoms. The van der Waals surface area contributed by atoms with E-state index in [-0.39, 0.29) is 11.3 Å². The number of aromatic hydroxyl groups is 1. The van der Waals surface area contributed by atoms with Crippen molar-refractivity contribution in [2.24, 2.45) is 0 Å². The van der Waals surface area contributed by atoms with E-state index in [1.54, 1.807) is 33.5 Å². The number of hydrogen-bond donors (Lipinski definition) is 1. The molecule has 1 N–H and O–H groups in total. The van der Waals surface area contributed by atoms with Crippen molar-refractivity contribution in [3.05, 3.63) is 47.0 Å². The molecular formula is C19H22O6. The molecule has 0 radical (unpaired) electrons. The molecule has 2 aromatic carbocycles. The molecule has 2 aromatic rings. The van der Waals surface area contributed by atoms with Crippen LogP contribution in [0.15, 0.2) is 30.3 Å². The average molecular weight is 346 g/mol. The minimum Gasteiger partial charge on any atom is -0.507 e. The van der Waals surface area contributed by atoms with Gasteiger partial charge in [0.25, 0.3) is 0 Å². The fourth-order valence-corrected chi connectivity index (χ4v) is 2.65. The predicted molar refractivity (Wildman–Crippen MR) is 93.0 cm³/mol. The first kappa shape index (κ1) is 18.4. The normalized spacial score (nSPS) is 10.2. The van der Waals surface area contributed by atoms with Gasteiger partial charge < -0.3 is 24.1 Å². The maximum Gasteiger partial charge on any atom is 0.341 e. The van der Waals surface area contributed by atoms with Crippen LogP contribution in [0.5, 0.6) is 23.0 Å². The van der Waals surface area contributed by atoms with Gasteiger partial charge in [0.1, 0.15) is 11.3 Å². The fourth-order valence-electron chi connectivity index (χ4n) is 2.65. The molecular weight excluding hydrogens is 324 g/mol. The van der Waals surface area contributed by atoms with Crippen LogP contribution < -0.4 is 14.2 Å². The largest absolute Gasteiger partial charge is 0.507 e. The molecule has 6 nitrogen and oxygen atoms in total. The Bertz CT molecular complexity index is 754. The fraction of sp³-hybridized carbons (Fsp3) is 0.316. The molecule has 134 valence electrons. The topological polar surface area (TPSA) is 74.2 Å². The third-order valence-electron chi connectivity index (χ3n) is 3.94. The van der Waals surface area contributed by atoms with E-state index < -0.39 is 5.97 Å². The zero-order valence-electron chi connectivity index (χ0n) is 14.8. The first-order valence-corrected chi connectivity index (χ1v) is 7.73. The first-order chi connectivity index (χ1) is 12.0. The van der Waals surface area contributed by atoms with E-state index in [0.717, 1.165) is 11.1 Å². The SMILES string of the molecule is COC(=O)c1cc(CCc2ccc(OC)c(OC)c2OC)ccc1O.